The molecule has 0 spiro atoms. The number of hydrogen-bond donors (Lipinski definition) is 1. The summed E-state index contributed by atoms with van der Waals surface area (Å²) in [5.41, 5.74) is 3.10. The lowest BCUT2D eigenvalue weighted by Crippen LogP contribution is -2.02. The molecule has 120 valence electrons. The lowest BCUT2D eigenvalue weighted by atomic mass is 10.1. The number of aromatic nitrogens is 2. The third-order valence-electron chi connectivity index (χ3n) is 3.44. The van der Waals surface area contributed by atoms with Gasteiger partial charge in [0.2, 0.25) is 0 Å². The first kappa shape index (κ1) is 16.0. The van der Waals surface area contributed by atoms with Crippen LogP contribution in [0.25, 0.3) is 16.9 Å². The first-order valence-electron chi connectivity index (χ1n) is 7.20. The van der Waals surface area contributed by atoms with E-state index in [1.807, 2.05) is 30.3 Å². The van der Waals surface area contributed by atoms with Crippen molar-refractivity contribution in [1.82, 2.24) is 9.78 Å². The Hall–Kier alpha value is -2.92. The summed E-state index contributed by atoms with van der Waals surface area (Å²) in [5, 5.41) is 14.0. The summed E-state index contributed by atoms with van der Waals surface area (Å²) < 4.78 is 1.58. The van der Waals surface area contributed by atoms with Crippen LogP contribution >= 0.6 is 11.6 Å². The first-order chi connectivity index (χ1) is 11.6. The maximum atomic E-state index is 11.3. The zero-order valence-corrected chi connectivity index (χ0v) is 13.6. The number of nitrogens with zero attached hydrogens (tertiary/aromatic N) is 3. The Bertz CT molecular complexity index is 932. The molecule has 0 saturated heterocycles. The summed E-state index contributed by atoms with van der Waals surface area (Å²) in [7, 11) is 1.70. The van der Waals surface area contributed by atoms with Crippen molar-refractivity contribution in [2.24, 2.45) is 4.99 Å². The van der Waals surface area contributed by atoms with Gasteiger partial charge in [0.25, 0.3) is 0 Å². The molecule has 0 amide bonds. The fourth-order valence-electron chi connectivity index (χ4n) is 2.42. The summed E-state index contributed by atoms with van der Waals surface area (Å²) in [6.07, 6.45) is 1.74. The van der Waals surface area contributed by atoms with Gasteiger partial charge in [-0.3, -0.25) is 4.99 Å². The maximum absolute atomic E-state index is 11.3. The average molecular weight is 340 g/mol. The van der Waals surface area contributed by atoms with E-state index >= 15 is 0 Å². The molecule has 1 aromatic heterocycles. The Morgan fingerprint density at radius 3 is 2.71 bits per heavy atom. The van der Waals surface area contributed by atoms with E-state index in [1.54, 1.807) is 42.2 Å². The van der Waals surface area contributed by atoms with Crippen LogP contribution in [0.4, 0.5) is 0 Å². The number of carbonyl (C=O) groups is 1. The standard InChI is InChI=1S/C18H14ClN3O2/c1-20-11-12-4-2-5-13(8-12)17-10-16(18(23)24)21-22(17)15-7-3-6-14(19)9-15/h2-11H,1H3,(H,23,24). The molecule has 1 heterocycles. The SMILES string of the molecule is CN=Cc1cccc(-c2cc(C(=O)O)nn2-c2cccc(Cl)c2)c1. The second-order valence-corrected chi connectivity index (χ2v) is 5.56. The third kappa shape index (κ3) is 3.21. The molecule has 3 aromatic rings. The summed E-state index contributed by atoms with van der Waals surface area (Å²) in [4.78, 5) is 15.3. The molecule has 0 bridgehead atoms. The summed E-state index contributed by atoms with van der Waals surface area (Å²) in [6, 6.07) is 16.3. The zero-order chi connectivity index (χ0) is 17.1. The molecular formula is C18H14ClN3O2. The van der Waals surface area contributed by atoms with E-state index in [0.717, 1.165) is 11.1 Å². The van der Waals surface area contributed by atoms with Gasteiger partial charge in [0.05, 0.1) is 11.4 Å². The molecule has 0 aliphatic rings. The number of aromatic carboxylic acids is 1. The third-order valence-corrected chi connectivity index (χ3v) is 3.68. The molecule has 0 fully saturated rings. The Labute approximate surface area is 143 Å². The number of aliphatic imine (C=N–C) groups is 1. The van der Waals surface area contributed by atoms with Crippen LogP contribution < -0.4 is 0 Å². The maximum Gasteiger partial charge on any atom is 0.356 e. The van der Waals surface area contributed by atoms with Crippen molar-refractivity contribution in [2.45, 2.75) is 0 Å². The molecule has 2 aromatic carbocycles. The molecule has 0 aliphatic carbocycles. The van der Waals surface area contributed by atoms with E-state index in [0.29, 0.717) is 16.4 Å². The van der Waals surface area contributed by atoms with Crippen LogP contribution in [-0.4, -0.2) is 34.1 Å². The van der Waals surface area contributed by atoms with E-state index in [-0.39, 0.29) is 5.69 Å². The van der Waals surface area contributed by atoms with Crippen molar-refractivity contribution in [2.75, 3.05) is 7.05 Å². The smallest absolute Gasteiger partial charge is 0.356 e. The molecule has 0 radical (unpaired) electrons. The second-order valence-electron chi connectivity index (χ2n) is 5.12. The monoisotopic (exact) mass is 339 g/mol. The van der Waals surface area contributed by atoms with Crippen LogP contribution in [0.1, 0.15) is 16.1 Å². The Morgan fingerprint density at radius 1 is 1.21 bits per heavy atom. The fourth-order valence-corrected chi connectivity index (χ4v) is 2.61. The van der Waals surface area contributed by atoms with E-state index in [9.17, 15) is 9.90 Å². The quantitative estimate of drug-likeness (QED) is 0.732. The predicted molar refractivity (Wildman–Crippen MR) is 94.5 cm³/mol. The highest BCUT2D eigenvalue weighted by Gasteiger charge is 2.16. The molecular weight excluding hydrogens is 326 g/mol. The van der Waals surface area contributed by atoms with E-state index < -0.39 is 5.97 Å². The molecule has 24 heavy (non-hydrogen) atoms. The molecule has 1 N–H and O–H groups in total. The van der Waals surface area contributed by atoms with Crippen molar-refractivity contribution >= 4 is 23.8 Å². The molecule has 0 aliphatic heterocycles. The number of halogens is 1. The van der Waals surface area contributed by atoms with Crippen molar-refractivity contribution in [3.8, 4) is 16.9 Å². The molecule has 6 heteroatoms. The Balaban J connectivity index is 2.20. The molecule has 3 rings (SSSR count). The number of benzene rings is 2. The Morgan fingerprint density at radius 2 is 2.00 bits per heavy atom. The van der Waals surface area contributed by atoms with Gasteiger partial charge >= 0.3 is 5.97 Å². The lowest BCUT2D eigenvalue weighted by Gasteiger charge is -2.08. The van der Waals surface area contributed by atoms with Gasteiger partial charge in [-0.05, 0) is 35.9 Å². The zero-order valence-electron chi connectivity index (χ0n) is 12.8. The highest BCUT2D eigenvalue weighted by atomic mass is 35.5. The van der Waals surface area contributed by atoms with Gasteiger partial charge in [-0.2, -0.15) is 5.10 Å². The molecule has 0 atom stereocenters. The number of carboxylic acid groups (broad SMARTS) is 1. The Kier molecular flexibility index (Phi) is 4.44. The summed E-state index contributed by atoms with van der Waals surface area (Å²) >= 11 is 6.05. The fraction of sp³-hybridized carbons (Fsp3) is 0.0556. The minimum Gasteiger partial charge on any atom is -0.476 e. The van der Waals surface area contributed by atoms with Crippen LogP contribution in [-0.2, 0) is 0 Å². The summed E-state index contributed by atoms with van der Waals surface area (Å²) in [5.74, 6) is -1.08. The molecule has 0 unspecified atom stereocenters. The van der Waals surface area contributed by atoms with Gasteiger partial charge < -0.3 is 5.11 Å². The van der Waals surface area contributed by atoms with E-state index in [2.05, 4.69) is 10.1 Å². The predicted octanol–water partition coefficient (Wildman–Crippen LogP) is 3.94. The van der Waals surface area contributed by atoms with Crippen molar-refractivity contribution in [1.29, 1.82) is 0 Å². The van der Waals surface area contributed by atoms with Crippen LogP contribution in [0.2, 0.25) is 5.02 Å². The number of carboxylic acids is 1. The summed E-state index contributed by atoms with van der Waals surface area (Å²) in [6.45, 7) is 0. The van der Waals surface area contributed by atoms with Gasteiger partial charge in [-0.1, -0.05) is 35.9 Å². The van der Waals surface area contributed by atoms with Gasteiger partial charge in [0, 0.05) is 23.8 Å². The molecule has 5 nitrogen and oxygen atoms in total. The normalized spacial score (nSPS) is 11.1. The molecule has 0 saturated carbocycles. The number of hydrogen-bond acceptors (Lipinski definition) is 3. The van der Waals surface area contributed by atoms with Crippen molar-refractivity contribution < 1.29 is 9.90 Å². The number of rotatable bonds is 4. The highest BCUT2D eigenvalue weighted by Crippen LogP contribution is 2.26. The van der Waals surface area contributed by atoms with Crippen LogP contribution in [0.3, 0.4) is 0 Å². The van der Waals surface area contributed by atoms with Crippen molar-refractivity contribution in [3.05, 3.63) is 70.9 Å². The largest absolute Gasteiger partial charge is 0.476 e. The van der Waals surface area contributed by atoms with Crippen LogP contribution in [0.5, 0.6) is 0 Å². The average Bonchev–Trinajstić information content (AvgIpc) is 3.01. The van der Waals surface area contributed by atoms with Crippen LogP contribution in [0.15, 0.2) is 59.6 Å². The lowest BCUT2D eigenvalue weighted by molar-refractivity contribution is 0.0690. The van der Waals surface area contributed by atoms with Gasteiger partial charge in [-0.15, -0.1) is 0 Å². The van der Waals surface area contributed by atoms with Crippen LogP contribution in [0, 0.1) is 0 Å². The first-order valence-corrected chi connectivity index (χ1v) is 7.58. The minimum atomic E-state index is -1.08. The minimum absolute atomic E-state index is 0.0282. The van der Waals surface area contributed by atoms with Gasteiger partial charge in [-0.25, -0.2) is 9.48 Å². The topological polar surface area (TPSA) is 67.5 Å². The van der Waals surface area contributed by atoms with E-state index in [4.69, 9.17) is 11.6 Å². The van der Waals surface area contributed by atoms with Gasteiger partial charge in [0.1, 0.15) is 0 Å². The van der Waals surface area contributed by atoms with E-state index in [1.165, 1.54) is 0 Å². The van der Waals surface area contributed by atoms with Crippen molar-refractivity contribution in [3.63, 3.8) is 0 Å². The highest BCUT2D eigenvalue weighted by molar-refractivity contribution is 6.30. The van der Waals surface area contributed by atoms with Gasteiger partial charge in [0.15, 0.2) is 5.69 Å². The second kappa shape index (κ2) is 6.68.